The van der Waals surface area contributed by atoms with Crippen LogP contribution in [0.25, 0.3) is 0 Å². The van der Waals surface area contributed by atoms with Crippen molar-refractivity contribution < 1.29 is 14.6 Å². The average Bonchev–Trinajstić information content (AvgIpc) is 2.85. The van der Waals surface area contributed by atoms with Gasteiger partial charge in [-0.05, 0) is 31.5 Å². The van der Waals surface area contributed by atoms with Crippen molar-refractivity contribution in [3.8, 4) is 0 Å². The van der Waals surface area contributed by atoms with Gasteiger partial charge < -0.3 is 20.9 Å². The normalized spacial score (nSPS) is 20.6. The van der Waals surface area contributed by atoms with E-state index >= 15 is 0 Å². The Morgan fingerprint density at radius 1 is 1.61 bits per heavy atom. The van der Waals surface area contributed by atoms with Crippen LogP contribution in [0.4, 0.5) is 11.4 Å². The van der Waals surface area contributed by atoms with Crippen LogP contribution in [0.3, 0.4) is 0 Å². The van der Waals surface area contributed by atoms with Gasteiger partial charge in [0.05, 0.1) is 23.5 Å². The number of aromatic carboxylic acids is 1. The van der Waals surface area contributed by atoms with Crippen LogP contribution < -0.4 is 11.1 Å². The number of nitrogens with two attached hydrogens (primary N) is 1. The number of nitrogens with one attached hydrogen (secondary N) is 1. The van der Waals surface area contributed by atoms with E-state index in [4.69, 9.17) is 15.6 Å². The molecule has 0 aliphatic carbocycles. The molecule has 0 amide bonds. The molecule has 0 bridgehead atoms. The van der Waals surface area contributed by atoms with E-state index in [9.17, 15) is 4.79 Å². The summed E-state index contributed by atoms with van der Waals surface area (Å²) in [6.07, 6.45) is 1.04. The number of anilines is 2. The number of hydrogen-bond donors (Lipinski definition) is 3. The number of benzene rings is 1. The third-order valence-electron chi connectivity index (χ3n) is 3.35. The lowest BCUT2D eigenvalue weighted by atomic mass is 10.0. The molecule has 1 aliphatic heterocycles. The molecule has 2 rings (SSSR count). The van der Waals surface area contributed by atoms with Gasteiger partial charge in [-0.3, -0.25) is 0 Å². The van der Waals surface area contributed by atoms with Crippen LogP contribution in [-0.4, -0.2) is 30.3 Å². The summed E-state index contributed by atoms with van der Waals surface area (Å²) in [4.78, 5) is 10.8. The van der Waals surface area contributed by atoms with E-state index in [2.05, 4.69) is 12.2 Å². The first kappa shape index (κ1) is 12.7. The molecule has 1 saturated heterocycles. The number of rotatable bonds is 4. The Balaban J connectivity index is 2.06. The Hall–Kier alpha value is -1.75. The van der Waals surface area contributed by atoms with E-state index in [0.717, 1.165) is 25.3 Å². The minimum absolute atomic E-state index is 0.204. The van der Waals surface area contributed by atoms with Crippen LogP contribution in [0.15, 0.2) is 18.2 Å². The van der Waals surface area contributed by atoms with Gasteiger partial charge in [-0.2, -0.15) is 0 Å². The number of hydrogen-bond acceptors (Lipinski definition) is 4. The van der Waals surface area contributed by atoms with Gasteiger partial charge in [0.15, 0.2) is 0 Å². The van der Waals surface area contributed by atoms with Crippen molar-refractivity contribution >= 4 is 17.3 Å². The fraction of sp³-hybridized carbons (Fsp3) is 0.462. The number of carbonyl (C=O) groups is 1. The van der Waals surface area contributed by atoms with Gasteiger partial charge in [-0.25, -0.2) is 4.79 Å². The lowest BCUT2D eigenvalue weighted by Crippen LogP contribution is -2.26. The molecule has 0 aromatic heterocycles. The number of ether oxygens (including phenoxy) is 1. The van der Waals surface area contributed by atoms with Crippen molar-refractivity contribution in [3.05, 3.63) is 23.8 Å². The van der Waals surface area contributed by atoms with E-state index in [1.54, 1.807) is 12.1 Å². The van der Waals surface area contributed by atoms with E-state index in [1.807, 2.05) is 0 Å². The molecule has 1 heterocycles. The predicted molar refractivity (Wildman–Crippen MR) is 69.8 cm³/mol. The fourth-order valence-electron chi connectivity index (χ4n) is 2.14. The minimum Gasteiger partial charge on any atom is -0.478 e. The molecule has 4 N–H and O–H groups in total. The summed E-state index contributed by atoms with van der Waals surface area (Å²) in [6.45, 7) is 3.66. The minimum atomic E-state index is -0.967. The molecule has 2 unspecified atom stereocenters. The van der Waals surface area contributed by atoms with Crippen LogP contribution in [0, 0.1) is 5.92 Å². The van der Waals surface area contributed by atoms with Gasteiger partial charge in [0, 0.05) is 18.6 Å². The number of carboxylic acids is 1. The Labute approximate surface area is 106 Å². The highest BCUT2D eigenvalue weighted by molar-refractivity contribution is 5.90. The van der Waals surface area contributed by atoms with Gasteiger partial charge in [-0.1, -0.05) is 0 Å². The molecule has 5 heteroatoms. The second kappa shape index (κ2) is 5.27. The van der Waals surface area contributed by atoms with E-state index in [1.165, 1.54) is 6.07 Å². The lowest BCUT2D eigenvalue weighted by Gasteiger charge is -2.21. The van der Waals surface area contributed by atoms with Crippen LogP contribution >= 0.6 is 0 Å². The van der Waals surface area contributed by atoms with Crippen molar-refractivity contribution in [1.29, 1.82) is 0 Å². The monoisotopic (exact) mass is 250 g/mol. The maximum atomic E-state index is 10.8. The number of nitrogen functional groups attached to an aromatic ring is 1. The van der Waals surface area contributed by atoms with Crippen LogP contribution in [0.2, 0.25) is 0 Å². The summed E-state index contributed by atoms with van der Waals surface area (Å²) in [7, 11) is 0. The van der Waals surface area contributed by atoms with E-state index in [0.29, 0.717) is 11.6 Å². The first-order chi connectivity index (χ1) is 8.58. The standard InChI is InChI=1S/C13H18N2O3/c1-8(10-4-5-18-7-10)15-12-3-2-9(13(16)17)6-11(12)14/h2-3,6,8,10,15H,4-5,7,14H2,1H3,(H,16,17). The molecule has 5 nitrogen and oxygen atoms in total. The van der Waals surface area contributed by atoms with Gasteiger partial charge >= 0.3 is 5.97 Å². The SMILES string of the molecule is CC(Nc1ccc(C(=O)O)cc1N)C1CCOC1. The maximum Gasteiger partial charge on any atom is 0.335 e. The summed E-state index contributed by atoms with van der Waals surface area (Å²) >= 11 is 0. The third kappa shape index (κ3) is 2.73. The summed E-state index contributed by atoms with van der Waals surface area (Å²) in [5, 5.41) is 12.2. The molecular formula is C13H18N2O3. The maximum absolute atomic E-state index is 10.8. The molecule has 1 aliphatic rings. The molecule has 0 spiro atoms. The second-order valence-corrected chi connectivity index (χ2v) is 4.66. The molecular weight excluding hydrogens is 232 g/mol. The molecule has 0 radical (unpaired) electrons. The summed E-state index contributed by atoms with van der Waals surface area (Å²) < 4.78 is 5.35. The average molecular weight is 250 g/mol. The fourth-order valence-corrected chi connectivity index (χ4v) is 2.14. The quantitative estimate of drug-likeness (QED) is 0.710. The summed E-state index contributed by atoms with van der Waals surface area (Å²) in [5.74, 6) is -0.492. The topological polar surface area (TPSA) is 84.6 Å². The molecule has 2 atom stereocenters. The highest BCUT2D eigenvalue weighted by Crippen LogP contribution is 2.24. The van der Waals surface area contributed by atoms with Crippen LogP contribution in [0.5, 0.6) is 0 Å². The van der Waals surface area contributed by atoms with Gasteiger partial charge in [0.25, 0.3) is 0 Å². The number of carboxylic acid groups (broad SMARTS) is 1. The lowest BCUT2D eigenvalue weighted by molar-refractivity contribution is 0.0697. The Kier molecular flexibility index (Phi) is 3.72. The zero-order chi connectivity index (χ0) is 13.1. The zero-order valence-electron chi connectivity index (χ0n) is 10.3. The summed E-state index contributed by atoms with van der Waals surface area (Å²) in [6, 6.07) is 5.00. The first-order valence-corrected chi connectivity index (χ1v) is 6.05. The molecule has 1 aromatic carbocycles. The van der Waals surface area contributed by atoms with E-state index in [-0.39, 0.29) is 11.6 Å². The first-order valence-electron chi connectivity index (χ1n) is 6.05. The third-order valence-corrected chi connectivity index (χ3v) is 3.35. The highest BCUT2D eigenvalue weighted by atomic mass is 16.5. The Morgan fingerprint density at radius 3 is 2.94 bits per heavy atom. The van der Waals surface area contributed by atoms with Crippen molar-refractivity contribution in [2.45, 2.75) is 19.4 Å². The molecule has 98 valence electrons. The van der Waals surface area contributed by atoms with Gasteiger partial charge in [0.1, 0.15) is 0 Å². The Bertz CT molecular complexity index is 442. The van der Waals surface area contributed by atoms with Gasteiger partial charge in [0.2, 0.25) is 0 Å². The second-order valence-electron chi connectivity index (χ2n) is 4.66. The molecule has 18 heavy (non-hydrogen) atoms. The van der Waals surface area contributed by atoms with Gasteiger partial charge in [-0.15, -0.1) is 0 Å². The van der Waals surface area contributed by atoms with Crippen molar-refractivity contribution in [1.82, 2.24) is 0 Å². The highest BCUT2D eigenvalue weighted by Gasteiger charge is 2.22. The van der Waals surface area contributed by atoms with Crippen molar-refractivity contribution in [2.24, 2.45) is 5.92 Å². The molecule has 1 fully saturated rings. The van der Waals surface area contributed by atoms with Crippen LogP contribution in [-0.2, 0) is 4.74 Å². The summed E-state index contributed by atoms with van der Waals surface area (Å²) in [5.41, 5.74) is 7.29. The van der Waals surface area contributed by atoms with Crippen LogP contribution in [0.1, 0.15) is 23.7 Å². The smallest absolute Gasteiger partial charge is 0.335 e. The largest absolute Gasteiger partial charge is 0.478 e. The van der Waals surface area contributed by atoms with Crippen molar-refractivity contribution in [2.75, 3.05) is 24.3 Å². The predicted octanol–water partition coefficient (Wildman–Crippen LogP) is 1.80. The molecule has 0 saturated carbocycles. The molecule has 1 aromatic rings. The zero-order valence-corrected chi connectivity index (χ0v) is 10.3. The Morgan fingerprint density at radius 2 is 2.39 bits per heavy atom. The van der Waals surface area contributed by atoms with Crippen molar-refractivity contribution in [3.63, 3.8) is 0 Å². The van der Waals surface area contributed by atoms with E-state index < -0.39 is 5.97 Å².